The summed E-state index contributed by atoms with van der Waals surface area (Å²) < 4.78 is 9.76. The van der Waals surface area contributed by atoms with E-state index in [0.717, 1.165) is 0 Å². The minimum absolute atomic E-state index is 0.0248. The quantitative estimate of drug-likeness (QED) is 0.429. The molecule has 0 aliphatic carbocycles. The lowest BCUT2D eigenvalue weighted by Gasteiger charge is -2.20. The van der Waals surface area contributed by atoms with E-state index in [4.69, 9.17) is 4.42 Å². The molecule has 0 saturated heterocycles. The molecule has 0 saturated carbocycles. The maximum Gasteiger partial charge on any atom is 0.360 e. The second-order valence-corrected chi connectivity index (χ2v) is 5.15. The van der Waals surface area contributed by atoms with Crippen LogP contribution in [-0.2, 0) is 11.3 Å². The highest BCUT2D eigenvalue weighted by molar-refractivity contribution is 5.94. The number of esters is 1. The van der Waals surface area contributed by atoms with Gasteiger partial charge in [-0.1, -0.05) is 6.92 Å². The first-order chi connectivity index (χ1) is 12.0. The molecule has 0 fully saturated rings. The number of carbonyl (C=O) groups excluding carboxylic acids is 2. The maximum atomic E-state index is 12.6. The summed E-state index contributed by atoms with van der Waals surface area (Å²) in [6.07, 6.45) is 1.87. The van der Waals surface area contributed by atoms with Crippen LogP contribution in [0.2, 0.25) is 0 Å². The third kappa shape index (κ3) is 4.40. The first kappa shape index (κ1) is 18.1. The third-order valence-corrected chi connectivity index (χ3v) is 3.38. The second kappa shape index (κ2) is 8.04. The van der Waals surface area contributed by atoms with Gasteiger partial charge < -0.3 is 14.1 Å². The molecule has 0 aliphatic rings. The van der Waals surface area contributed by atoms with E-state index in [1.54, 1.807) is 0 Å². The van der Waals surface area contributed by atoms with Crippen molar-refractivity contribution in [2.45, 2.75) is 19.9 Å². The molecule has 1 amide bonds. The molecule has 2 rings (SSSR count). The van der Waals surface area contributed by atoms with Crippen LogP contribution in [0.1, 0.15) is 40.1 Å². The Morgan fingerprint density at radius 3 is 2.56 bits per heavy atom. The van der Waals surface area contributed by atoms with Crippen LogP contribution in [0, 0.1) is 10.1 Å². The van der Waals surface area contributed by atoms with Crippen LogP contribution in [0.5, 0.6) is 0 Å². The van der Waals surface area contributed by atoms with Crippen LogP contribution >= 0.6 is 0 Å². The number of aromatic nitrogens is 1. The fourth-order valence-corrected chi connectivity index (χ4v) is 2.18. The lowest BCUT2D eigenvalue weighted by Crippen LogP contribution is -2.31. The molecule has 0 spiro atoms. The highest BCUT2D eigenvalue weighted by atomic mass is 16.6. The Morgan fingerprint density at radius 1 is 1.32 bits per heavy atom. The number of hydrogen-bond acceptors (Lipinski definition) is 7. The van der Waals surface area contributed by atoms with Crippen LogP contribution in [0.3, 0.4) is 0 Å². The first-order valence-electron chi connectivity index (χ1n) is 7.52. The molecule has 1 aromatic carbocycles. The molecule has 9 nitrogen and oxygen atoms in total. The summed E-state index contributed by atoms with van der Waals surface area (Å²) in [5, 5.41) is 10.7. The number of ether oxygens (including phenoxy) is 1. The molecule has 1 aromatic heterocycles. The van der Waals surface area contributed by atoms with Crippen molar-refractivity contribution in [3.05, 3.63) is 57.8 Å². The van der Waals surface area contributed by atoms with Crippen molar-refractivity contribution in [2.75, 3.05) is 13.7 Å². The van der Waals surface area contributed by atoms with Gasteiger partial charge in [-0.3, -0.25) is 14.9 Å². The zero-order chi connectivity index (χ0) is 18.4. The molecule has 132 valence electrons. The van der Waals surface area contributed by atoms with Gasteiger partial charge in [0.15, 0.2) is 5.69 Å². The molecule has 0 unspecified atom stereocenters. The van der Waals surface area contributed by atoms with Crippen molar-refractivity contribution in [2.24, 2.45) is 0 Å². The monoisotopic (exact) mass is 347 g/mol. The molecule has 25 heavy (non-hydrogen) atoms. The van der Waals surface area contributed by atoms with Crippen LogP contribution in [0.4, 0.5) is 5.69 Å². The fourth-order valence-electron chi connectivity index (χ4n) is 2.18. The zero-order valence-corrected chi connectivity index (χ0v) is 13.8. The van der Waals surface area contributed by atoms with Gasteiger partial charge in [-0.2, -0.15) is 0 Å². The van der Waals surface area contributed by atoms with Gasteiger partial charge in [0.25, 0.3) is 11.6 Å². The van der Waals surface area contributed by atoms with Gasteiger partial charge in [0.05, 0.1) is 18.6 Å². The van der Waals surface area contributed by atoms with Gasteiger partial charge in [0, 0.05) is 24.2 Å². The summed E-state index contributed by atoms with van der Waals surface area (Å²) in [5.41, 5.74) is 0.254. The molecule has 0 N–H and O–H groups in total. The van der Waals surface area contributed by atoms with Gasteiger partial charge in [-0.05, 0) is 18.6 Å². The number of nitrogens with zero attached hydrogens (tertiary/aromatic N) is 3. The largest absolute Gasteiger partial charge is 0.464 e. The van der Waals surface area contributed by atoms with Crippen molar-refractivity contribution in [1.29, 1.82) is 0 Å². The van der Waals surface area contributed by atoms with Crippen molar-refractivity contribution in [3.8, 4) is 0 Å². The number of oxazole rings is 1. The normalized spacial score (nSPS) is 10.3. The number of benzene rings is 1. The average Bonchev–Trinajstić information content (AvgIpc) is 3.08. The SMILES string of the molecule is CCCN(Cc1nc(C(=O)OC)co1)C(=O)c1ccc([N+](=O)[O-])cc1. The highest BCUT2D eigenvalue weighted by Crippen LogP contribution is 2.15. The maximum absolute atomic E-state index is 12.6. The van der Waals surface area contributed by atoms with E-state index in [9.17, 15) is 19.7 Å². The van der Waals surface area contributed by atoms with E-state index in [1.165, 1.54) is 42.5 Å². The molecule has 0 atom stereocenters. The highest BCUT2D eigenvalue weighted by Gasteiger charge is 2.20. The molecule has 0 aliphatic heterocycles. The number of rotatable bonds is 7. The Hall–Kier alpha value is -3.23. The molecule has 2 aromatic rings. The first-order valence-corrected chi connectivity index (χ1v) is 7.52. The summed E-state index contributed by atoms with van der Waals surface area (Å²) in [6, 6.07) is 5.35. The number of non-ortho nitro benzene ring substituents is 1. The summed E-state index contributed by atoms with van der Waals surface area (Å²) in [5.74, 6) is -0.739. The van der Waals surface area contributed by atoms with Crippen molar-refractivity contribution < 1.29 is 23.7 Å². The number of amides is 1. The molecular weight excluding hydrogens is 330 g/mol. The van der Waals surface area contributed by atoms with Gasteiger partial charge in [-0.15, -0.1) is 0 Å². The molecule has 0 radical (unpaired) electrons. The van der Waals surface area contributed by atoms with Crippen LogP contribution in [-0.4, -0.2) is 40.3 Å². The average molecular weight is 347 g/mol. The lowest BCUT2D eigenvalue weighted by atomic mass is 10.1. The number of carbonyl (C=O) groups is 2. The smallest absolute Gasteiger partial charge is 0.360 e. The lowest BCUT2D eigenvalue weighted by molar-refractivity contribution is -0.384. The predicted octanol–water partition coefficient (Wildman–Crippen LogP) is 2.42. The fraction of sp³-hybridized carbons (Fsp3) is 0.312. The van der Waals surface area contributed by atoms with Crippen molar-refractivity contribution >= 4 is 17.6 Å². The van der Waals surface area contributed by atoms with Crippen LogP contribution in [0.15, 0.2) is 34.9 Å². The topological polar surface area (TPSA) is 116 Å². The molecule has 0 bridgehead atoms. The van der Waals surface area contributed by atoms with Crippen LogP contribution in [0.25, 0.3) is 0 Å². The zero-order valence-electron chi connectivity index (χ0n) is 13.8. The Bertz CT molecular complexity index is 768. The van der Waals surface area contributed by atoms with E-state index in [1.807, 2.05) is 6.92 Å². The number of hydrogen-bond donors (Lipinski definition) is 0. The van der Waals surface area contributed by atoms with Crippen molar-refractivity contribution in [1.82, 2.24) is 9.88 Å². The van der Waals surface area contributed by atoms with E-state index < -0.39 is 10.9 Å². The Balaban J connectivity index is 2.16. The minimum atomic E-state index is -0.626. The molecular formula is C16H17N3O6. The van der Waals surface area contributed by atoms with Gasteiger partial charge in [0.1, 0.15) is 6.26 Å². The van der Waals surface area contributed by atoms with Gasteiger partial charge in [-0.25, -0.2) is 9.78 Å². The van der Waals surface area contributed by atoms with Gasteiger partial charge in [0.2, 0.25) is 5.89 Å². The van der Waals surface area contributed by atoms with Crippen LogP contribution < -0.4 is 0 Å². The second-order valence-electron chi connectivity index (χ2n) is 5.15. The Morgan fingerprint density at radius 2 is 2.00 bits per heavy atom. The summed E-state index contributed by atoms with van der Waals surface area (Å²) in [6.45, 7) is 2.41. The van der Waals surface area contributed by atoms with E-state index in [0.29, 0.717) is 18.5 Å². The summed E-state index contributed by atoms with van der Waals surface area (Å²) in [4.78, 5) is 39.7. The standard InChI is InChI=1S/C16H17N3O6/c1-3-8-18(9-14-17-13(10-25-14)16(21)24-2)15(20)11-4-6-12(7-5-11)19(22)23/h4-7,10H,3,8-9H2,1-2H3. The summed E-state index contributed by atoms with van der Waals surface area (Å²) in [7, 11) is 1.23. The summed E-state index contributed by atoms with van der Waals surface area (Å²) >= 11 is 0. The van der Waals surface area contributed by atoms with E-state index in [-0.39, 0.29) is 29.7 Å². The Labute approximate surface area is 143 Å². The van der Waals surface area contributed by atoms with E-state index >= 15 is 0 Å². The minimum Gasteiger partial charge on any atom is -0.464 e. The number of nitro benzene ring substituents is 1. The Kier molecular flexibility index (Phi) is 5.83. The number of methoxy groups -OCH3 is 1. The predicted molar refractivity (Wildman–Crippen MR) is 86.0 cm³/mol. The van der Waals surface area contributed by atoms with Crippen molar-refractivity contribution in [3.63, 3.8) is 0 Å². The molecule has 9 heteroatoms. The van der Waals surface area contributed by atoms with E-state index in [2.05, 4.69) is 9.72 Å². The third-order valence-electron chi connectivity index (χ3n) is 3.38. The van der Waals surface area contributed by atoms with Gasteiger partial charge >= 0.3 is 5.97 Å². The number of nitro groups is 1. The molecule has 1 heterocycles.